The lowest BCUT2D eigenvalue weighted by molar-refractivity contribution is -0.112. The first-order valence-corrected chi connectivity index (χ1v) is 10.5. The summed E-state index contributed by atoms with van der Waals surface area (Å²) in [5.41, 5.74) is 1.63. The summed E-state index contributed by atoms with van der Waals surface area (Å²) < 4.78 is 5.93. The van der Waals surface area contributed by atoms with Gasteiger partial charge in [0.15, 0.2) is 0 Å². The van der Waals surface area contributed by atoms with Gasteiger partial charge in [-0.1, -0.05) is 66.7 Å². The number of para-hydroxylation sites is 1. The van der Waals surface area contributed by atoms with E-state index in [1.165, 1.54) is 18.2 Å². The van der Waals surface area contributed by atoms with Crippen molar-refractivity contribution in [3.8, 4) is 11.8 Å². The van der Waals surface area contributed by atoms with E-state index in [0.717, 1.165) is 16.3 Å². The number of carboxylic acids is 1. The van der Waals surface area contributed by atoms with E-state index < -0.39 is 11.9 Å². The number of benzene rings is 4. The molecule has 34 heavy (non-hydrogen) atoms. The highest BCUT2D eigenvalue weighted by Gasteiger charge is 2.15. The molecule has 0 aromatic heterocycles. The van der Waals surface area contributed by atoms with E-state index in [2.05, 4.69) is 23.5 Å². The summed E-state index contributed by atoms with van der Waals surface area (Å²) in [5.74, 6) is -1.20. The average molecular weight is 448 g/mol. The minimum absolute atomic E-state index is 0.0548. The molecule has 4 rings (SSSR count). The zero-order chi connectivity index (χ0) is 23.9. The lowest BCUT2D eigenvalue weighted by Gasteiger charge is -2.10. The van der Waals surface area contributed by atoms with E-state index in [9.17, 15) is 20.0 Å². The van der Waals surface area contributed by atoms with Crippen molar-refractivity contribution in [2.75, 3.05) is 5.32 Å². The standard InChI is InChI=1S/C28H20N2O4/c29-17-22(27(31)30-26-11-4-3-10-25(26)28(32)33)16-19-12-14-23(15-13-19)34-18-21-8-5-7-20-6-1-2-9-24(20)21/h1-16H,18H2,(H,30,31)(H,32,33)/b22-16+. The first kappa shape index (κ1) is 22.3. The number of carboxylic acid groups (broad SMARTS) is 1. The third-order valence-electron chi connectivity index (χ3n) is 5.24. The molecule has 2 N–H and O–H groups in total. The van der Waals surface area contributed by atoms with E-state index in [1.807, 2.05) is 30.3 Å². The molecular formula is C28H20N2O4. The number of hydrogen-bond donors (Lipinski definition) is 2. The Morgan fingerprint density at radius 1 is 0.912 bits per heavy atom. The molecule has 166 valence electrons. The molecule has 0 radical (unpaired) electrons. The predicted octanol–water partition coefficient (Wildman–Crippen LogP) is 5.66. The maximum atomic E-state index is 12.5. The Hall–Kier alpha value is -4.89. The number of nitrogens with zero attached hydrogens (tertiary/aromatic N) is 1. The molecule has 0 unspecified atom stereocenters. The Kier molecular flexibility index (Phi) is 6.66. The van der Waals surface area contributed by atoms with Gasteiger partial charge in [0.2, 0.25) is 0 Å². The Labute approximate surface area is 196 Å². The number of nitriles is 1. The fourth-order valence-corrected chi connectivity index (χ4v) is 3.52. The molecule has 0 aliphatic heterocycles. The minimum atomic E-state index is -1.17. The van der Waals surface area contributed by atoms with Gasteiger partial charge in [0.1, 0.15) is 24.0 Å². The SMILES string of the molecule is N#C/C(=C\c1ccc(OCc2cccc3ccccc23)cc1)C(=O)Nc1ccccc1C(=O)O. The second-order valence-electron chi connectivity index (χ2n) is 7.47. The monoisotopic (exact) mass is 448 g/mol. The number of fused-ring (bicyclic) bond motifs is 1. The van der Waals surface area contributed by atoms with Crippen LogP contribution in [0, 0.1) is 11.3 Å². The maximum Gasteiger partial charge on any atom is 0.337 e. The number of carbonyl (C=O) groups excluding carboxylic acids is 1. The Bertz CT molecular complexity index is 1430. The fourth-order valence-electron chi connectivity index (χ4n) is 3.52. The Morgan fingerprint density at radius 3 is 2.38 bits per heavy atom. The smallest absolute Gasteiger partial charge is 0.337 e. The molecule has 0 atom stereocenters. The third-order valence-corrected chi connectivity index (χ3v) is 5.24. The summed E-state index contributed by atoms with van der Waals surface area (Å²) in [6.45, 7) is 0.408. The van der Waals surface area contributed by atoms with Gasteiger partial charge in [-0.2, -0.15) is 5.26 Å². The normalized spacial score (nSPS) is 11.0. The fraction of sp³-hybridized carbons (Fsp3) is 0.0357. The van der Waals surface area contributed by atoms with Crippen LogP contribution in [0.25, 0.3) is 16.8 Å². The molecule has 0 heterocycles. The average Bonchev–Trinajstić information content (AvgIpc) is 2.86. The Morgan fingerprint density at radius 2 is 1.62 bits per heavy atom. The van der Waals surface area contributed by atoms with Gasteiger partial charge in [0.05, 0.1) is 11.3 Å². The van der Waals surface area contributed by atoms with Crippen LogP contribution in [0.4, 0.5) is 5.69 Å². The van der Waals surface area contributed by atoms with E-state index in [0.29, 0.717) is 17.9 Å². The number of rotatable bonds is 7. The molecule has 0 aliphatic carbocycles. The number of ether oxygens (including phenoxy) is 1. The number of amides is 1. The predicted molar refractivity (Wildman–Crippen MR) is 130 cm³/mol. The molecule has 6 heteroatoms. The molecule has 1 amide bonds. The van der Waals surface area contributed by atoms with Crippen molar-refractivity contribution in [3.63, 3.8) is 0 Å². The summed E-state index contributed by atoms with van der Waals surface area (Å²) in [6.07, 6.45) is 1.44. The van der Waals surface area contributed by atoms with Gasteiger partial charge in [-0.15, -0.1) is 0 Å². The molecule has 6 nitrogen and oxygen atoms in total. The maximum absolute atomic E-state index is 12.5. The third kappa shape index (κ3) is 5.12. The van der Waals surface area contributed by atoms with Crippen LogP contribution < -0.4 is 10.1 Å². The van der Waals surface area contributed by atoms with Gasteiger partial charge in [-0.25, -0.2) is 4.79 Å². The molecule has 0 saturated heterocycles. The molecule has 4 aromatic carbocycles. The van der Waals surface area contributed by atoms with Crippen molar-refractivity contribution in [2.45, 2.75) is 6.61 Å². The van der Waals surface area contributed by atoms with Crippen LogP contribution in [0.5, 0.6) is 5.75 Å². The molecule has 0 aliphatic rings. The first-order chi connectivity index (χ1) is 16.5. The van der Waals surface area contributed by atoms with Crippen molar-refractivity contribution in [1.82, 2.24) is 0 Å². The number of anilines is 1. The highest BCUT2D eigenvalue weighted by molar-refractivity contribution is 6.11. The second kappa shape index (κ2) is 10.2. The number of hydrogen-bond acceptors (Lipinski definition) is 4. The van der Waals surface area contributed by atoms with Crippen molar-refractivity contribution in [3.05, 3.63) is 113 Å². The van der Waals surface area contributed by atoms with Crippen LogP contribution in [0.2, 0.25) is 0 Å². The number of aromatic carboxylic acids is 1. The van der Waals surface area contributed by atoms with Crippen LogP contribution in [-0.4, -0.2) is 17.0 Å². The molecule has 0 saturated carbocycles. The van der Waals surface area contributed by atoms with Gasteiger partial charge in [0, 0.05) is 0 Å². The van der Waals surface area contributed by atoms with E-state index >= 15 is 0 Å². The molecule has 0 spiro atoms. The van der Waals surface area contributed by atoms with Gasteiger partial charge in [-0.05, 0) is 52.2 Å². The highest BCUT2D eigenvalue weighted by atomic mass is 16.5. The quantitative estimate of drug-likeness (QED) is 0.281. The molecule has 0 bridgehead atoms. The zero-order valence-corrected chi connectivity index (χ0v) is 18.1. The Balaban J connectivity index is 1.45. The van der Waals surface area contributed by atoms with Crippen molar-refractivity contribution in [1.29, 1.82) is 5.26 Å². The van der Waals surface area contributed by atoms with Crippen molar-refractivity contribution in [2.24, 2.45) is 0 Å². The summed E-state index contributed by atoms with van der Waals surface area (Å²) in [6, 6.07) is 29.1. The van der Waals surface area contributed by atoms with Crippen LogP contribution in [0.15, 0.2) is 96.6 Å². The van der Waals surface area contributed by atoms with Gasteiger partial charge in [-0.3, -0.25) is 4.79 Å². The van der Waals surface area contributed by atoms with Crippen LogP contribution in [-0.2, 0) is 11.4 Å². The lowest BCUT2D eigenvalue weighted by atomic mass is 10.1. The molecular weight excluding hydrogens is 428 g/mol. The van der Waals surface area contributed by atoms with E-state index in [4.69, 9.17) is 4.74 Å². The highest BCUT2D eigenvalue weighted by Crippen LogP contribution is 2.22. The summed E-state index contributed by atoms with van der Waals surface area (Å²) >= 11 is 0. The molecule has 4 aromatic rings. The van der Waals surface area contributed by atoms with Crippen LogP contribution >= 0.6 is 0 Å². The van der Waals surface area contributed by atoms with Crippen molar-refractivity contribution >= 4 is 34.4 Å². The van der Waals surface area contributed by atoms with Crippen molar-refractivity contribution < 1.29 is 19.4 Å². The number of nitrogens with one attached hydrogen (secondary N) is 1. The van der Waals surface area contributed by atoms with E-state index in [-0.39, 0.29) is 16.8 Å². The second-order valence-corrected chi connectivity index (χ2v) is 7.47. The largest absolute Gasteiger partial charge is 0.489 e. The zero-order valence-electron chi connectivity index (χ0n) is 18.1. The summed E-state index contributed by atoms with van der Waals surface area (Å²) in [4.78, 5) is 23.9. The number of carbonyl (C=O) groups is 2. The lowest BCUT2D eigenvalue weighted by Crippen LogP contribution is -2.16. The van der Waals surface area contributed by atoms with Crippen LogP contribution in [0.1, 0.15) is 21.5 Å². The van der Waals surface area contributed by atoms with Gasteiger partial charge >= 0.3 is 5.97 Å². The van der Waals surface area contributed by atoms with Gasteiger partial charge < -0.3 is 15.2 Å². The summed E-state index contributed by atoms with van der Waals surface area (Å²) in [5, 5.41) is 23.5. The summed E-state index contributed by atoms with van der Waals surface area (Å²) in [7, 11) is 0. The van der Waals surface area contributed by atoms with Gasteiger partial charge in [0.25, 0.3) is 5.91 Å². The molecule has 0 fully saturated rings. The topological polar surface area (TPSA) is 99.4 Å². The van der Waals surface area contributed by atoms with Crippen LogP contribution in [0.3, 0.4) is 0 Å². The van der Waals surface area contributed by atoms with E-state index in [1.54, 1.807) is 36.4 Å². The first-order valence-electron chi connectivity index (χ1n) is 10.5. The minimum Gasteiger partial charge on any atom is -0.489 e.